The topological polar surface area (TPSA) is 21.3 Å². The van der Waals surface area contributed by atoms with E-state index in [-0.39, 0.29) is 0 Å². The van der Waals surface area contributed by atoms with Gasteiger partial charge in [0.2, 0.25) is 0 Å². The van der Waals surface area contributed by atoms with E-state index < -0.39 is 0 Å². The van der Waals surface area contributed by atoms with Gasteiger partial charge in [0.05, 0.1) is 6.61 Å². The lowest BCUT2D eigenvalue weighted by molar-refractivity contribution is 0.167. The van der Waals surface area contributed by atoms with Gasteiger partial charge in [0.15, 0.2) is 0 Å². The summed E-state index contributed by atoms with van der Waals surface area (Å²) in [5.41, 5.74) is 2.68. The number of rotatable bonds is 6. The van der Waals surface area contributed by atoms with E-state index in [1.807, 2.05) is 0 Å². The summed E-state index contributed by atoms with van der Waals surface area (Å²) < 4.78 is 5.31. The van der Waals surface area contributed by atoms with Gasteiger partial charge in [0.25, 0.3) is 0 Å². The average molecular weight is 289 g/mol. The van der Waals surface area contributed by atoms with Gasteiger partial charge in [0.1, 0.15) is 0 Å². The molecule has 3 atom stereocenters. The summed E-state index contributed by atoms with van der Waals surface area (Å²) in [6.45, 7) is 8.79. The molecule has 1 aliphatic carbocycles. The van der Waals surface area contributed by atoms with E-state index in [0.29, 0.717) is 12.6 Å². The molecule has 0 aromatic heterocycles. The van der Waals surface area contributed by atoms with Crippen LogP contribution in [0.4, 0.5) is 0 Å². The molecule has 1 aromatic rings. The second-order valence-electron chi connectivity index (χ2n) is 7.02. The molecule has 0 saturated heterocycles. The first-order valence-corrected chi connectivity index (χ1v) is 8.41. The monoisotopic (exact) mass is 289 g/mol. The molecule has 1 fully saturated rings. The van der Waals surface area contributed by atoms with Crippen LogP contribution in [-0.2, 0) is 17.9 Å². The summed E-state index contributed by atoms with van der Waals surface area (Å²) in [7, 11) is 1.77. The van der Waals surface area contributed by atoms with Crippen molar-refractivity contribution in [2.24, 2.45) is 17.8 Å². The molecule has 2 nitrogen and oxygen atoms in total. The molecule has 1 aliphatic rings. The van der Waals surface area contributed by atoms with Crippen molar-refractivity contribution in [1.82, 2.24) is 5.32 Å². The lowest BCUT2D eigenvalue weighted by Gasteiger charge is -2.38. The molecule has 0 radical (unpaired) electrons. The van der Waals surface area contributed by atoms with Gasteiger partial charge in [0, 0.05) is 19.7 Å². The quantitative estimate of drug-likeness (QED) is 0.839. The molecule has 1 aromatic carbocycles. The van der Waals surface area contributed by atoms with Gasteiger partial charge < -0.3 is 10.1 Å². The third-order valence-corrected chi connectivity index (χ3v) is 5.00. The first-order chi connectivity index (χ1) is 10.1. The molecule has 118 valence electrons. The number of nitrogens with one attached hydrogen (secondary N) is 1. The van der Waals surface area contributed by atoms with Crippen LogP contribution in [0.15, 0.2) is 24.3 Å². The Morgan fingerprint density at radius 1 is 1.19 bits per heavy atom. The van der Waals surface area contributed by atoms with Gasteiger partial charge in [-0.1, -0.05) is 51.5 Å². The van der Waals surface area contributed by atoms with Crippen LogP contribution in [-0.4, -0.2) is 13.2 Å². The van der Waals surface area contributed by atoms with Crippen molar-refractivity contribution in [2.45, 2.75) is 59.2 Å². The van der Waals surface area contributed by atoms with Crippen LogP contribution in [0.5, 0.6) is 0 Å². The van der Waals surface area contributed by atoms with E-state index in [1.54, 1.807) is 7.11 Å². The van der Waals surface area contributed by atoms with Crippen molar-refractivity contribution in [3.8, 4) is 0 Å². The third-order valence-electron chi connectivity index (χ3n) is 5.00. The Labute approximate surface area is 130 Å². The van der Waals surface area contributed by atoms with E-state index >= 15 is 0 Å². The molecule has 0 spiro atoms. The fourth-order valence-corrected chi connectivity index (χ4v) is 3.70. The first-order valence-electron chi connectivity index (χ1n) is 8.41. The predicted molar refractivity (Wildman–Crippen MR) is 89.1 cm³/mol. The van der Waals surface area contributed by atoms with E-state index in [4.69, 9.17) is 4.74 Å². The maximum Gasteiger partial charge on any atom is 0.0716 e. The highest BCUT2D eigenvalue weighted by atomic mass is 16.5. The maximum absolute atomic E-state index is 5.31. The molecule has 0 heterocycles. The van der Waals surface area contributed by atoms with Crippen molar-refractivity contribution in [3.05, 3.63) is 35.4 Å². The van der Waals surface area contributed by atoms with Crippen LogP contribution in [0.25, 0.3) is 0 Å². The molecule has 0 amide bonds. The van der Waals surface area contributed by atoms with E-state index in [1.165, 1.54) is 30.4 Å². The fraction of sp³-hybridized carbons (Fsp3) is 0.684. The predicted octanol–water partition coefficient (Wildman–Crippen LogP) is 4.38. The minimum absolute atomic E-state index is 0.657. The van der Waals surface area contributed by atoms with E-state index in [0.717, 1.165) is 24.3 Å². The Morgan fingerprint density at radius 3 is 2.57 bits per heavy atom. The minimum Gasteiger partial charge on any atom is -0.380 e. The Morgan fingerprint density at radius 2 is 1.90 bits per heavy atom. The molecule has 1 N–H and O–H groups in total. The summed E-state index contributed by atoms with van der Waals surface area (Å²) in [6, 6.07) is 9.27. The molecular weight excluding hydrogens is 258 g/mol. The normalized spacial score (nSPS) is 26.2. The van der Waals surface area contributed by atoms with Gasteiger partial charge in [-0.3, -0.25) is 0 Å². The van der Waals surface area contributed by atoms with Gasteiger partial charge >= 0.3 is 0 Å². The van der Waals surface area contributed by atoms with E-state index in [2.05, 4.69) is 50.4 Å². The Kier molecular flexibility index (Phi) is 6.25. The largest absolute Gasteiger partial charge is 0.380 e. The zero-order valence-electron chi connectivity index (χ0n) is 14.1. The van der Waals surface area contributed by atoms with Crippen LogP contribution >= 0.6 is 0 Å². The summed E-state index contributed by atoms with van der Waals surface area (Å²) in [6.07, 6.45) is 4.08. The fourth-order valence-electron chi connectivity index (χ4n) is 3.70. The van der Waals surface area contributed by atoms with Crippen LogP contribution in [0.2, 0.25) is 0 Å². The smallest absolute Gasteiger partial charge is 0.0716 e. The molecular formula is C19H31NO. The minimum atomic E-state index is 0.657. The van der Waals surface area contributed by atoms with Crippen LogP contribution in [0.3, 0.4) is 0 Å². The number of methoxy groups -OCH3 is 1. The average Bonchev–Trinajstić information content (AvgIpc) is 2.46. The van der Waals surface area contributed by atoms with Crippen LogP contribution in [0.1, 0.15) is 51.2 Å². The third kappa shape index (κ3) is 4.55. The van der Waals surface area contributed by atoms with Crippen LogP contribution < -0.4 is 5.32 Å². The second kappa shape index (κ2) is 7.95. The second-order valence-corrected chi connectivity index (χ2v) is 7.02. The van der Waals surface area contributed by atoms with Crippen molar-refractivity contribution >= 4 is 0 Å². The zero-order valence-corrected chi connectivity index (χ0v) is 14.1. The first kappa shape index (κ1) is 16.5. The Bertz CT molecular complexity index is 429. The van der Waals surface area contributed by atoms with Crippen molar-refractivity contribution in [3.63, 3.8) is 0 Å². The molecule has 3 unspecified atom stereocenters. The number of hydrogen-bond donors (Lipinski definition) is 1. The highest BCUT2D eigenvalue weighted by Gasteiger charge is 2.30. The summed E-state index contributed by atoms with van der Waals surface area (Å²) in [5, 5.41) is 3.84. The summed E-state index contributed by atoms with van der Waals surface area (Å²) >= 11 is 0. The van der Waals surface area contributed by atoms with Crippen molar-refractivity contribution in [1.29, 1.82) is 0 Å². The number of hydrogen-bond acceptors (Lipinski definition) is 2. The zero-order chi connectivity index (χ0) is 15.2. The van der Waals surface area contributed by atoms with Crippen LogP contribution in [0, 0.1) is 17.8 Å². The van der Waals surface area contributed by atoms with Gasteiger partial charge in [-0.05, 0) is 41.7 Å². The molecule has 0 bridgehead atoms. The SMILES string of the molecule is COCc1ccccc1CNC1CC(C)CCC1C(C)C. The molecule has 2 heteroatoms. The molecule has 21 heavy (non-hydrogen) atoms. The standard InChI is InChI=1S/C19H31NO/c1-14(2)18-10-9-15(3)11-19(18)20-12-16-7-5-6-8-17(16)13-21-4/h5-8,14-15,18-20H,9-13H2,1-4H3. The lowest BCUT2D eigenvalue weighted by Crippen LogP contribution is -2.42. The maximum atomic E-state index is 5.31. The van der Waals surface area contributed by atoms with E-state index in [9.17, 15) is 0 Å². The van der Waals surface area contributed by atoms with Gasteiger partial charge in [-0.25, -0.2) is 0 Å². The summed E-state index contributed by atoms with van der Waals surface area (Å²) in [5.74, 6) is 2.44. The molecule has 2 rings (SSSR count). The summed E-state index contributed by atoms with van der Waals surface area (Å²) in [4.78, 5) is 0. The Hall–Kier alpha value is -0.860. The number of benzene rings is 1. The van der Waals surface area contributed by atoms with Crippen molar-refractivity contribution in [2.75, 3.05) is 7.11 Å². The number of ether oxygens (including phenoxy) is 1. The lowest BCUT2D eigenvalue weighted by atomic mass is 9.74. The van der Waals surface area contributed by atoms with Gasteiger partial charge in [-0.2, -0.15) is 0 Å². The highest BCUT2D eigenvalue weighted by Crippen LogP contribution is 2.33. The highest BCUT2D eigenvalue weighted by molar-refractivity contribution is 5.26. The van der Waals surface area contributed by atoms with Crippen molar-refractivity contribution < 1.29 is 4.74 Å². The van der Waals surface area contributed by atoms with Gasteiger partial charge in [-0.15, -0.1) is 0 Å². The molecule has 0 aliphatic heterocycles. The Balaban J connectivity index is 2.00. The molecule has 1 saturated carbocycles.